The average Bonchev–Trinajstić information content (AvgIpc) is 2.61. The first-order valence-corrected chi connectivity index (χ1v) is 5.38. The van der Waals surface area contributed by atoms with E-state index in [4.69, 9.17) is 5.11 Å². The monoisotopic (exact) mass is 217 g/mol. The minimum absolute atomic E-state index is 0.0346. The topological polar surface area (TPSA) is 53.1 Å². The lowest BCUT2D eigenvalue weighted by Crippen LogP contribution is -2.02. The number of benzene rings is 1. The Morgan fingerprint density at radius 3 is 2.94 bits per heavy atom. The van der Waals surface area contributed by atoms with Gasteiger partial charge in [0.2, 0.25) is 0 Å². The van der Waals surface area contributed by atoms with Crippen LogP contribution in [0.5, 0.6) is 0 Å². The van der Waals surface area contributed by atoms with Gasteiger partial charge in [-0.25, -0.2) is 0 Å². The molecule has 1 aromatic heterocycles. The van der Waals surface area contributed by atoms with Gasteiger partial charge in [0.05, 0.1) is 6.42 Å². The summed E-state index contributed by atoms with van der Waals surface area (Å²) >= 11 is 0. The number of aliphatic carboxylic acids is 1. The smallest absolute Gasteiger partial charge is 0.303 e. The first-order valence-electron chi connectivity index (χ1n) is 5.38. The van der Waals surface area contributed by atoms with Gasteiger partial charge < -0.3 is 10.1 Å². The highest BCUT2D eigenvalue weighted by molar-refractivity contribution is 5.87. The molecule has 2 aromatic rings. The number of hydrogen-bond acceptors (Lipinski definition) is 1. The molecule has 0 saturated heterocycles. The molecule has 16 heavy (non-hydrogen) atoms. The molecule has 0 saturated carbocycles. The summed E-state index contributed by atoms with van der Waals surface area (Å²) in [5, 5.41) is 9.98. The van der Waals surface area contributed by atoms with E-state index in [9.17, 15) is 4.79 Å². The maximum atomic E-state index is 10.7. The Kier molecular flexibility index (Phi) is 2.69. The minimum atomic E-state index is -0.754. The number of fused-ring (bicyclic) bond motifs is 1. The van der Waals surface area contributed by atoms with Crippen LogP contribution in [0.1, 0.15) is 30.4 Å². The Morgan fingerprint density at radius 1 is 1.50 bits per heavy atom. The second kappa shape index (κ2) is 4.00. The second-order valence-corrected chi connectivity index (χ2v) is 4.24. The maximum absolute atomic E-state index is 10.7. The molecule has 0 fully saturated rings. The molecule has 0 radical (unpaired) electrons. The second-order valence-electron chi connectivity index (χ2n) is 4.24. The van der Waals surface area contributed by atoms with Gasteiger partial charge in [0.15, 0.2) is 0 Å². The van der Waals surface area contributed by atoms with Crippen LogP contribution in [0.2, 0.25) is 0 Å². The first-order chi connectivity index (χ1) is 7.59. The number of carboxylic acids is 1. The number of aryl methyl sites for hydroxylation is 1. The predicted molar refractivity (Wildman–Crippen MR) is 63.7 cm³/mol. The summed E-state index contributed by atoms with van der Waals surface area (Å²) in [5.41, 5.74) is 3.36. The first kappa shape index (κ1) is 10.7. The molecule has 0 bridgehead atoms. The summed E-state index contributed by atoms with van der Waals surface area (Å²) in [6.45, 7) is 4.00. The van der Waals surface area contributed by atoms with E-state index in [0.717, 1.165) is 16.5 Å². The van der Waals surface area contributed by atoms with Crippen LogP contribution in [-0.4, -0.2) is 16.1 Å². The molecule has 84 valence electrons. The van der Waals surface area contributed by atoms with Crippen molar-refractivity contribution in [3.05, 3.63) is 35.5 Å². The van der Waals surface area contributed by atoms with Crippen molar-refractivity contribution in [1.29, 1.82) is 0 Å². The van der Waals surface area contributed by atoms with E-state index in [1.807, 2.05) is 38.2 Å². The molecule has 2 rings (SSSR count). The standard InChI is InChI=1S/C13H15NO2/c1-8-4-3-5-11-13(8)10(7-14-11)9(2)6-12(15)16/h3-5,7,9,14H,6H2,1-2H3,(H,15,16). The highest BCUT2D eigenvalue weighted by Crippen LogP contribution is 2.29. The van der Waals surface area contributed by atoms with Crippen LogP contribution in [0.3, 0.4) is 0 Å². The summed E-state index contributed by atoms with van der Waals surface area (Å²) < 4.78 is 0. The van der Waals surface area contributed by atoms with Crippen molar-refractivity contribution in [2.75, 3.05) is 0 Å². The normalized spacial score (nSPS) is 12.9. The summed E-state index contributed by atoms with van der Waals surface area (Å²) in [4.78, 5) is 13.9. The van der Waals surface area contributed by atoms with Crippen LogP contribution in [-0.2, 0) is 4.79 Å². The summed E-state index contributed by atoms with van der Waals surface area (Å²) in [7, 11) is 0. The van der Waals surface area contributed by atoms with Crippen molar-refractivity contribution < 1.29 is 9.90 Å². The number of carbonyl (C=O) groups is 1. The fourth-order valence-electron chi connectivity index (χ4n) is 2.16. The summed E-state index contributed by atoms with van der Waals surface area (Å²) in [5.74, 6) is -0.720. The molecule has 1 atom stereocenters. The lowest BCUT2D eigenvalue weighted by Gasteiger charge is -2.08. The molecule has 0 aliphatic rings. The van der Waals surface area contributed by atoms with Gasteiger partial charge in [0, 0.05) is 17.1 Å². The Bertz CT molecular complexity index is 528. The van der Waals surface area contributed by atoms with E-state index in [-0.39, 0.29) is 12.3 Å². The Morgan fingerprint density at radius 2 is 2.25 bits per heavy atom. The summed E-state index contributed by atoms with van der Waals surface area (Å²) in [6, 6.07) is 6.06. The minimum Gasteiger partial charge on any atom is -0.481 e. The molecule has 1 heterocycles. The fraction of sp³-hybridized carbons (Fsp3) is 0.308. The van der Waals surface area contributed by atoms with Crippen molar-refractivity contribution in [2.45, 2.75) is 26.2 Å². The van der Waals surface area contributed by atoms with Crippen LogP contribution in [0, 0.1) is 6.92 Å². The van der Waals surface area contributed by atoms with E-state index >= 15 is 0 Å². The number of H-pyrrole nitrogens is 1. The number of aromatic nitrogens is 1. The zero-order chi connectivity index (χ0) is 11.7. The zero-order valence-corrected chi connectivity index (χ0v) is 9.45. The van der Waals surface area contributed by atoms with Crippen LogP contribution in [0.15, 0.2) is 24.4 Å². The van der Waals surface area contributed by atoms with Crippen molar-refractivity contribution in [1.82, 2.24) is 4.98 Å². The number of nitrogens with one attached hydrogen (secondary N) is 1. The molecule has 1 unspecified atom stereocenters. The van der Waals surface area contributed by atoms with E-state index in [2.05, 4.69) is 4.98 Å². The molecule has 1 aromatic carbocycles. The van der Waals surface area contributed by atoms with E-state index < -0.39 is 5.97 Å². The van der Waals surface area contributed by atoms with Crippen molar-refractivity contribution in [3.63, 3.8) is 0 Å². The van der Waals surface area contributed by atoms with Gasteiger partial charge in [-0.3, -0.25) is 4.79 Å². The Hall–Kier alpha value is -1.77. The molecule has 0 amide bonds. The highest BCUT2D eigenvalue weighted by atomic mass is 16.4. The summed E-state index contributed by atoms with van der Waals surface area (Å²) in [6.07, 6.45) is 2.09. The Labute approximate surface area is 94.1 Å². The third kappa shape index (κ3) is 1.81. The predicted octanol–water partition coefficient (Wildman–Crippen LogP) is 3.05. The highest BCUT2D eigenvalue weighted by Gasteiger charge is 2.15. The molecule has 0 aliphatic heterocycles. The fourth-order valence-corrected chi connectivity index (χ4v) is 2.16. The Balaban J connectivity index is 2.48. The van der Waals surface area contributed by atoms with Gasteiger partial charge in [0.25, 0.3) is 0 Å². The van der Waals surface area contributed by atoms with Crippen molar-refractivity contribution in [2.24, 2.45) is 0 Å². The quantitative estimate of drug-likeness (QED) is 0.830. The number of hydrogen-bond donors (Lipinski definition) is 2. The molecular weight excluding hydrogens is 202 g/mol. The van der Waals surface area contributed by atoms with Gasteiger partial charge in [0.1, 0.15) is 0 Å². The van der Waals surface area contributed by atoms with Gasteiger partial charge in [-0.2, -0.15) is 0 Å². The number of aromatic amines is 1. The SMILES string of the molecule is Cc1cccc2[nH]cc(C(C)CC(=O)O)c12. The lowest BCUT2D eigenvalue weighted by molar-refractivity contribution is -0.137. The molecule has 3 nitrogen and oxygen atoms in total. The van der Waals surface area contributed by atoms with E-state index in [0.29, 0.717) is 0 Å². The third-order valence-corrected chi connectivity index (χ3v) is 2.96. The van der Waals surface area contributed by atoms with Gasteiger partial charge in [-0.05, 0) is 30.0 Å². The zero-order valence-electron chi connectivity index (χ0n) is 9.45. The van der Waals surface area contributed by atoms with E-state index in [1.165, 1.54) is 5.56 Å². The lowest BCUT2D eigenvalue weighted by atomic mass is 9.95. The molecule has 0 aliphatic carbocycles. The molecule has 0 spiro atoms. The van der Waals surface area contributed by atoms with Crippen LogP contribution in [0.25, 0.3) is 10.9 Å². The average molecular weight is 217 g/mol. The van der Waals surface area contributed by atoms with Crippen LogP contribution >= 0.6 is 0 Å². The van der Waals surface area contributed by atoms with Crippen molar-refractivity contribution >= 4 is 16.9 Å². The van der Waals surface area contributed by atoms with Crippen molar-refractivity contribution in [3.8, 4) is 0 Å². The third-order valence-electron chi connectivity index (χ3n) is 2.96. The maximum Gasteiger partial charge on any atom is 0.303 e. The number of rotatable bonds is 3. The van der Waals surface area contributed by atoms with Gasteiger partial charge >= 0.3 is 5.97 Å². The largest absolute Gasteiger partial charge is 0.481 e. The molecule has 3 heteroatoms. The van der Waals surface area contributed by atoms with E-state index in [1.54, 1.807) is 0 Å². The van der Waals surface area contributed by atoms with Crippen LogP contribution in [0.4, 0.5) is 0 Å². The molecule has 2 N–H and O–H groups in total. The van der Waals surface area contributed by atoms with Gasteiger partial charge in [-0.1, -0.05) is 19.1 Å². The van der Waals surface area contributed by atoms with Crippen LogP contribution < -0.4 is 0 Å². The van der Waals surface area contributed by atoms with Gasteiger partial charge in [-0.15, -0.1) is 0 Å². The molecular formula is C13H15NO2. The number of carboxylic acid groups (broad SMARTS) is 1.